The average molecular weight is 202 g/mol. The lowest BCUT2D eigenvalue weighted by atomic mass is 9.63. The van der Waals surface area contributed by atoms with Crippen LogP contribution in [-0.4, -0.2) is 12.3 Å². The minimum Gasteiger partial charge on any atom is -0.247 e. The fraction of sp³-hybridized carbons (Fsp3) is 1.00. The molecule has 0 amide bonds. The summed E-state index contributed by atoms with van der Waals surface area (Å²) in [6, 6.07) is 0. The van der Waals surface area contributed by atoms with Crippen molar-refractivity contribution < 1.29 is 8.78 Å². The van der Waals surface area contributed by atoms with Crippen molar-refractivity contribution >= 4 is 0 Å². The Morgan fingerprint density at radius 3 is 1.43 bits per heavy atom. The van der Waals surface area contributed by atoms with Crippen LogP contribution in [0.1, 0.15) is 39.5 Å². The Balaban J connectivity index is 2.10. The van der Waals surface area contributed by atoms with Gasteiger partial charge in [0, 0.05) is 0 Å². The van der Waals surface area contributed by atoms with Crippen LogP contribution < -0.4 is 0 Å². The van der Waals surface area contributed by atoms with Crippen LogP contribution in [0, 0.1) is 23.7 Å². The molecule has 2 aliphatic carbocycles. The summed E-state index contributed by atoms with van der Waals surface area (Å²) in [6.45, 7) is 3.93. The molecule has 2 fully saturated rings. The lowest BCUT2D eigenvalue weighted by molar-refractivity contribution is -0.0331. The third kappa shape index (κ3) is 1.57. The number of rotatable bonds is 0. The van der Waals surface area contributed by atoms with Crippen molar-refractivity contribution in [2.75, 3.05) is 0 Å². The summed E-state index contributed by atoms with van der Waals surface area (Å²) in [7, 11) is 0. The van der Waals surface area contributed by atoms with Gasteiger partial charge >= 0.3 is 0 Å². The quantitative estimate of drug-likeness (QED) is 0.561. The summed E-state index contributed by atoms with van der Waals surface area (Å²) in [5.41, 5.74) is 0. The first-order valence-corrected chi connectivity index (χ1v) is 5.89. The van der Waals surface area contributed by atoms with Crippen molar-refractivity contribution in [3.05, 3.63) is 0 Å². The van der Waals surface area contributed by atoms with Crippen LogP contribution in [0.25, 0.3) is 0 Å². The van der Waals surface area contributed by atoms with Crippen molar-refractivity contribution in [2.45, 2.75) is 51.9 Å². The van der Waals surface area contributed by atoms with Gasteiger partial charge in [-0.15, -0.1) is 0 Å². The van der Waals surface area contributed by atoms with Gasteiger partial charge in [0.15, 0.2) is 0 Å². The van der Waals surface area contributed by atoms with E-state index in [2.05, 4.69) is 0 Å². The van der Waals surface area contributed by atoms with E-state index in [0.29, 0.717) is 0 Å². The maximum atomic E-state index is 13.8. The Hall–Kier alpha value is -0.140. The maximum Gasteiger partial charge on any atom is 0.106 e. The molecule has 2 saturated carbocycles. The molecular weight excluding hydrogens is 182 g/mol. The van der Waals surface area contributed by atoms with Crippen LogP contribution >= 0.6 is 0 Å². The molecule has 0 heterocycles. The highest BCUT2D eigenvalue weighted by molar-refractivity contribution is 4.94. The summed E-state index contributed by atoms with van der Waals surface area (Å²) in [6.07, 6.45) is 2.04. The zero-order valence-electron chi connectivity index (χ0n) is 9.05. The van der Waals surface area contributed by atoms with E-state index in [4.69, 9.17) is 0 Å². The van der Waals surface area contributed by atoms with Crippen LogP contribution in [0.2, 0.25) is 0 Å². The predicted molar refractivity (Wildman–Crippen MR) is 53.6 cm³/mol. The van der Waals surface area contributed by atoms with E-state index in [0.717, 1.165) is 25.7 Å². The highest BCUT2D eigenvalue weighted by Gasteiger charge is 2.45. The largest absolute Gasteiger partial charge is 0.247 e. The minimum absolute atomic E-state index is 0.0185. The van der Waals surface area contributed by atoms with E-state index < -0.39 is 12.3 Å². The van der Waals surface area contributed by atoms with Crippen LogP contribution in [0.5, 0.6) is 0 Å². The number of halogens is 2. The Morgan fingerprint density at radius 1 is 0.714 bits per heavy atom. The van der Waals surface area contributed by atoms with Crippen LogP contribution in [0.15, 0.2) is 0 Å². The molecule has 0 saturated heterocycles. The van der Waals surface area contributed by atoms with Crippen molar-refractivity contribution in [2.24, 2.45) is 23.7 Å². The molecular formula is C12H20F2. The predicted octanol–water partition coefficient (Wildman–Crippen LogP) is 3.75. The zero-order chi connectivity index (χ0) is 10.3. The second kappa shape index (κ2) is 3.79. The summed E-state index contributed by atoms with van der Waals surface area (Å²) in [4.78, 5) is 0. The topological polar surface area (TPSA) is 0 Å². The smallest absolute Gasteiger partial charge is 0.106 e. The lowest BCUT2D eigenvalue weighted by Crippen LogP contribution is -2.44. The van der Waals surface area contributed by atoms with Crippen molar-refractivity contribution in [3.63, 3.8) is 0 Å². The average Bonchev–Trinajstić information content (AvgIpc) is 2.17. The van der Waals surface area contributed by atoms with Crippen molar-refractivity contribution in [1.29, 1.82) is 0 Å². The monoisotopic (exact) mass is 202 g/mol. The Labute approximate surface area is 85.1 Å². The lowest BCUT2D eigenvalue weighted by Gasteiger charge is -2.44. The molecule has 0 aromatic rings. The molecule has 0 aromatic heterocycles. The van der Waals surface area contributed by atoms with Crippen LogP contribution in [0.4, 0.5) is 8.78 Å². The second-order valence-electron chi connectivity index (χ2n) is 5.33. The van der Waals surface area contributed by atoms with Crippen LogP contribution in [0.3, 0.4) is 0 Å². The van der Waals surface area contributed by atoms with E-state index in [1.54, 1.807) is 0 Å². The normalized spacial score (nSPS) is 54.0. The van der Waals surface area contributed by atoms with Gasteiger partial charge < -0.3 is 0 Å². The number of alkyl halides is 2. The van der Waals surface area contributed by atoms with E-state index in [1.807, 2.05) is 13.8 Å². The second-order valence-corrected chi connectivity index (χ2v) is 5.33. The summed E-state index contributed by atoms with van der Waals surface area (Å²) in [5, 5.41) is 0. The fourth-order valence-electron chi connectivity index (χ4n) is 3.29. The number of fused-ring (bicyclic) bond motifs is 1. The van der Waals surface area contributed by atoms with Gasteiger partial charge in [-0.2, -0.15) is 0 Å². The highest BCUT2D eigenvalue weighted by atomic mass is 19.1. The summed E-state index contributed by atoms with van der Waals surface area (Å²) >= 11 is 0. The Morgan fingerprint density at radius 2 is 1.07 bits per heavy atom. The molecule has 0 aliphatic heterocycles. The maximum absolute atomic E-state index is 13.8. The first kappa shape index (κ1) is 10.4. The molecule has 2 rings (SSSR count). The van der Waals surface area contributed by atoms with Crippen molar-refractivity contribution in [3.8, 4) is 0 Å². The van der Waals surface area contributed by atoms with E-state index >= 15 is 0 Å². The molecule has 0 N–H and O–H groups in total. The van der Waals surface area contributed by atoms with Gasteiger partial charge in [-0.1, -0.05) is 13.8 Å². The summed E-state index contributed by atoms with van der Waals surface area (Å²) < 4.78 is 27.7. The third-order valence-corrected chi connectivity index (χ3v) is 4.37. The molecule has 0 spiro atoms. The van der Waals surface area contributed by atoms with Gasteiger partial charge in [0.1, 0.15) is 12.3 Å². The van der Waals surface area contributed by atoms with E-state index in [1.165, 1.54) is 0 Å². The highest BCUT2D eigenvalue weighted by Crippen LogP contribution is 2.47. The standard InChI is InChI=1S/C12H20F2/c1-7-3-5-10-9(11(7)13)6-4-8(2)12(10)14/h7-12H,3-6H2,1-2H3. The number of hydrogen-bond donors (Lipinski definition) is 0. The molecule has 0 radical (unpaired) electrons. The van der Waals surface area contributed by atoms with Gasteiger partial charge in [0.25, 0.3) is 0 Å². The first-order valence-electron chi connectivity index (χ1n) is 5.89. The third-order valence-electron chi connectivity index (χ3n) is 4.37. The van der Waals surface area contributed by atoms with E-state index in [9.17, 15) is 8.78 Å². The van der Waals surface area contributed by atoms with Gasteiger partial charge in [-0.05, 0) is 49.4 Å². The van der Waals surface area contributed by atoms with Gasteiger partial charge in [-0.25, -0.2) is 8.78 Å². The van der Waals surface area contributed by atoms with E-state index in [-0.39, 0.29) is 23.7 Å². The van der Waals surface area contributed by atoms with Crippen molar-refractivity contribution in [1.82, 2.24) is 0 Å². The Bertz CT molecular complexity index is 182. The minimum atomic E-state index is -0.750. The molecule has 6 atom stereocenters. The zero-order valence-corrected chi connectivity index (χ0v) is 9.05. The van der Waals surface area contributed by atoms with Gasteiger partial charge in [0.2, 0.25) is 0 Å². The molecule has 0 bridgehead atoms. The fourth-order valence-corrected chi connectivity index (χ4v) is 3.29. The Kier molecular flexibility index (Phi) is 2.81. The van der Waals surface area contributed by atoms with Gasteiger partial charge in [-0.3, -0.25) is 0 Å². The molecule has 14 heavy (non-hydrogen) atoms. The number of hydrogen-bond acceptors (Lipinski definition) is 0. The molecule has 82 valence electrons. The molecule has 0 nitrogen and oxygen atoms in total. The SMILES string of the molecule is CC1CCC2C(F)C(C)CCC2C1F. The molecule has 2 aliphatic rings. The molecule has 0 aromatic carbocycles. The first-order chi connectivity index (χ1) is 6.61. The molecule has 6 unspecified atom stereocenters. The summed E-state index contributed by atoms with van der Waals surface area (Å²) in [5.74, 6) is 0.337. The van der Waals surface area contributed by atoms with Gasteiger partial charge in [0.05, 0.1) is 0 Å². The molecule has 2 heteroatoms. The van der Waals surface area contributed by atoms with Crippen LogP contribution in [-0.2, 0) is 0 Å².